The van der Waals surface area contributed by atoms with Crippen molar-refractivity contribution in [3.05, 3.63) is 40.0 Å². The summed E-state index contributed by atoms with van der Waals surface area (Å²) < 4.78 is 0. The quantitative estimate of drug-likeness (QED) is 0.764. The Morgan fingerprint density at radius 2 is 2.36 bits per heavy atom. The molecule has 1 atom stereocenters. The van der Waals surface area contributed by atoms with Crippen molar-refractivity contribution in [3.8, 4) is 0 Å². The van der Waals surface area contributed by atoms with Crippen molar-refractivity contribution in [2.45, 2.75) is 26.2 Å². The minimum Gasteiger partial charge on any atom is -0.326 e. The van der Waals surface area contributed by atoms with Crippen molar-refractivity contribution in [1.82, 2.24) is 15.2 Å². The first-order valence-corrected chi connectivity index (χ1v) is 8.20. The first-order chi connectivity index (χ1) is 10.7. The fourth-order valence-electron chi connectivity index (χ4n) is 2.99. The van der Waals surface area contributed by atoms with E-state index in [1.807, 2.05) is 25.1 Å². The molecule has 112 valence electrons. The van der Waals surface area contributed by atoms with Gasteiger partial charge in [0.25, 0.3) is 0 Å². The molecule has 0 spiro atoms. The Hall–Kier alpha value is -2.21. The van der Waals surface area contributed by atoms with Crippen molar-refractivity contribution < 1.29 is 4.79 Å². The van der Waals surface area contributed by atoms with E-state index in [0.717, 1.165) is 40.9 Å². The molecule has 0 saturated carbocycles. The van der Waals surface area contributed by atoms with E-state index in [1.54, 1.807) is 17.5 Å². The fraction of sp³-hybridized carbons (Fsp3) is 0.312. The zero-order valence-electron chi connectivity index (χ0n) is 12.2. The molecule has 6 heteroatoms. The van der Waals surface area contributed by atoms with Crippen LogP contribution in [0.5, 0.6) is 0 Å². The van der Waals surface area contributed by atoms with Crippen molar-refractivity contribution >= 4 is 33.8 Å². The van der Waals surface area contributed by atoms with Gasteiger partial charge in [0, 0.05) is 21.9 Å². The highest BCUT2D eigenvalue weighted by Crippen LogP contribution is 2.30. The molecule has 0 bridgehead atoms. The number of nitrogens with one attached hydrogen (secondary N) is 2. The summed E-state index contributed by atoms with van der Waals surface area (Å²) in [6.45, 7) is 2.03. The predicted octanol–water partition coefficient (Wildman–Crippen LogP) is 3.07. The average Bonchev–Trinajstić information content (AvgIpc) is 3.10. The van der Waals surface area contributed by atoms with Gasteiger partial charge in [-0.25, -0.2) is 4.98 Å². The molecule has 2 N–H and O–H groups in total. The first-order valence-electron chi connectivity index (χ1n) is 7.38. The smallest absolute Gasteiger partial charge is 0.227 e. The van der Waals surface area contributed by atoms with E-state index in [9.17, 15) is 4.79 Å². The van der Waals surface area contributed by atoms with Gasteiger partial charge in [0.1, 0.15) is 0 Å². The van der Waals surface area contributed by atoms with Gasteiger partial charge in [-0.15, -0.1) is 11.3 Å². The Balaban J connectivity index is 1.50. The highest BCUT2D eigenvalue weighted by Gasteiger charge is 2.27. The second-order valence-corrected chi connectivity index (χ2v) is 6.99. The summed E-state index contributed by atoms with van der Waals surface area (Å²) in [6, 6.07) is 5.80. The standard InChI is InChI=1S/C16H16N4OS/c1-9-18-13-5-3-10(6-15(13)22-9)16(21)19-12-4-2-11-8-17-20-14(11)7-12/h2,4,7-8,10H,3,5-6H2,1H3,(H,17,20)(H,19,21). The Morgan fingerprint density at radius 1 is 1.45 bits per heavy atom. The lowest BCUT2D eigenvalue weighted by atomic mass is 9.90. The van der Waals surface area contributed by atoms with Gasteiger partial charge in [0.05, 0.1) is 22.4 Å². The van der Waals surface area contributed by atoms with Crippen LogP contribution in [-0.4, -0.2) is 21.1 Å². The van der Waals surface area contributed by atoms with Crippen molar-refractivity contribution in [2.24, 2.45) is 5.92 Å². The lowest BCUT2D eigenvalue weighted by Gasteiger charge is -2.20. The third-order valence-electron chi connectivity index (χ3n) is 4.13. The summed E-state index contributed by atoms with van der Waals surface area (Å²) in [7, 11) is 0. The molecule has 1 unspecified atom stereocenters. The highest BCUT2D eigenvalue weighted by molar-refractivity contribution is 7.11. The maximum atomic E-state index is 12.5. The van der Waals surface area contributed by atoms with E-state index in [-0.39, 0.29) is 11.8 Å². The summed E-state index contributed by atoms with van der Waals surface area (Å²) in [5.74, 6) is 0.125. The lowest BCUT2D eigenvalue weighted by Crippen LogP contribution is -2.27. The molecule has 0 saturated heterocycles. The number of rotatable bonds is 2. The van der Waals surface area contributed by atoms with E-state index in [0.29, 0.717) is 0 Å². The van der Waals surface area contributed by atoms with Crippen LogP contribution in [0.1, 0.15) is 22.0 Å². The normalized spacial score (nSPS) is 17.4. The minimum atomic E-state index is 0.0322. The molecule has 4 rings (SSSR count). The van der Waals surface area contributed by atoms with Gasteiger partial charge in [0.15, 0.2) is 0 Å². The number of hydrogen-bond acceptors (Lipinski definition) is 4. The number of nitrogens with zero attached hydrogens (tertiary/aromatic N) is 2. The number of hydrogen-bond donors (Lipinski definition) is 2. The molecule has 2 aromatic heterocycles. The molecule has 0 fully saturated rings. The first kappa shape index (κ1) is 13.5. The molecule has 22 heavy (non-hydrogen) atoms. The largest absolute Gasteiger partial charge is 0.326 e. The molecule has 1 aliphatic carbocycles. The number of carbonyl (C=O) groups excluding carboxylic acids is 1. The van der Waals surface area contributed by atoms with Crippen LogP contribution in [0.2, 0.25) is 0 Å². The molecule has 0 radical (unpaired) electrons. The SMILES string of the molecule is Cc1nc2c(s1)CC(C(=O)Nc1ccc3cn[nH]c3c1)CC2. The predicted molar refractivity (Wildman–Crippen MR) is 87.1 cm³/mol. The summed E-state index contributed by atoms with van der Waals surface area (Å²) >= 11 is 1.72. The number of thiazole rings is 1. The number of fused-ring (bicyclic) bond motifs is 2. The number of amides is 1. The van der Waals surface area contributed by atoms with Crippen LogP contribution in [-0.2, 0) is 17.6 Å². The fourth-order valence-corrected chi connectivity index (χ4v) is 4.05. The molecule has 0 aliphatic heterocycles. The topological polar surface area (TPSA) is 70.7 Å². The van der Waals surface area contributed by atoms with Gasteiger partial charge in [-0.1, -0.05) is 0 Å². The van der Waals surface area contributed by atoms with Crippen LogP contribution in [0, 0.1) is 12.8 Å². The van der Waals surface area contributed by atoms with Crippen LogP contribution in [0.25, 0.3) is 10.9 Å². The maximum Gasteiger partial charge on any atom is 0.227 e. The second-order valence-electron chi connectivity index (χ2n) is 5.70. The molecule has 1 aliphatic rings. The second kappa shape index (κ2) is 5.21. The van der Waals surface area contributed by atoms with Gasteiger partial charge in [-0.2, -0.15) is 5.10 Å². The van der Waals surface area contributed by atoms with Crippen LogP contribution in [0.4, 0.5) is 5.69 Å². The van der Waals surface area contributed by atoms with Crippen LogP contribution < -0.4 is 5.32 Å². The number of aromatic nitrogens is 3. The molecule has 2 heterocycles. The minimum absolute atomic E-state index is 0.0322. The number of aromatic amines is 1. The van der Waals surface area contributed by atoms with E-state index in [2.05, 4.69) is 20.5 Å². The highest BCUT2D eigenvalue weighted by atomic mass is 32.1. The van der Waals surface area contributed by atoms with Gasteiger partial charge < -0.3 is 5.32 Å². The van der Waals surface area contributed by atoms with Gasteiger partial charge >= 0.3 is 0 Å². The van der Waals surface area contributed by atoms with E-state index in [4.69, 9.17) is 0 Å². The van der Waals surface area contributed by atoms with Crippen molar-refractivity contribution in [3.63, 3.8) is 0 Å². The average molecular weight is 312 g/mol. The zero-order valence-corrected chi connectivity index (χ0v) is 13.0. The van der Waals surface area contributed by atoms with E-state index < -0.39 is 0 Å². The number of carbonyl (C=O) groups is 1. The summed E-state index contributed by atoms with van der Waals surface area (Å²) in [6.07, 6.45) is 4.35. The number of anilines is 1. The summed E-state index contributed by atoms with van der Waals surface area (Å²) in [5.41, 5.74) is 2.93. The van der Waals surface area contributed by atoms with Crippen LogP contribution >= 0.6 is 11.3 Å². The Labute approximate surface area is 131 Å². The van der Waals surface area contributed by atoms with Crippen LogP contribution in [0.15, 0.2) is 24.4 Å². The molecular formula is C16H16N4OS. The summed E-state index contributed by atoms with van der Waals surface area (Å²) in [4.78, 5) is 18.3. The number of H-pyrrole nitrogens is 1. The number of aryl methyl sites for hydroxylation is 2. The molecular weight excluding hydrogens is 296 g/mol. The monoisotopic (exact) mass is 312 g/mol. The molecule has 3 aromatic rings. The van der Waals surface area contributed by atoms with Gasteiger partial charge in [0.2, 0.25) is 5.91 Å². The van der Waals surface area contributed by atoms with Crippen molar-refractivity contribution in [1.29, 1.82) is 0 Å². The van der Waals surface area contributed by atoms with Gasteiger partial charge in [-0.3, -0.25) is 9.89 Å². The zero-order chi connectivity index (χ0) is 15.1. The van der Waals surface area contributed by atoms with E-state index in [1.165, 1.54) is 10.6 Å². The Bertz CT molecular complexity index is 851. The summed E-state index contributed by atoms with van der Waals surface area (Å²) in [5, 5.41) is 12.1. The molecule has 5 nitrogen and oxygen atoms in total. The van der Waals surface area contributed by atoms with E-state index >= 15 is 0 Å². The van der Waals surface area contributed by atoms with Gasteiger partial charge in [-0.05, 0) is 44.4 Å². The Morgan fingerprint density at radius 3 is 3.27 bits per heavy atom. The Kier molecular flexibility index (Phi) is 3.18. The van der Waals surface area contributed by atoms with Crippen molar-refractivity contribution in [2.75, 3.05) is 5.32 Å². The molecule has 1 aromatic carbocycles. The molecule has 1 amide bonds. The number of benzene rings is 1. The maximum absolute atomic E-state index is 12.5. The van der Waals surface area contributed by atoms with Crippen LogP contribution in [0.3, 0.4) is 0 Å². The third-order valence-corrected chi connectivity index (χ3v) is 5.16. The third kappa shape index (κ3) is 2.39. The lowest BCUT2D eigenvalue weighted by molar-refractivity contribution is -0.120.